The van der Waals surface area contributed by atoms with Gasteiger partial charge in [0, 0.05) is 14.1 Å². The zero-order valence-electron chi connectivity index (χ0n) is 9.83. The topological polar surface area (TPSA) is 58.1 Å². The number of carbonyl (C=O) groups excluding carboxylic acids is 1. The van der Waals surface area contributed by atoms with Crippen molar-refractivity contribution in [2.45, 2.75) is 13.8 Å². The monoisotopic (exact) mass is 242 g/mol. The van der Waals surface area contributed by atoms with E-state index >= 15 is 0 Å². The van der Waals surface area contributed by atoms with E-state index in [4.69, 9.17) is 11.6 Å². The van der Waals surface area contributed by atoms with Gasteiger partial charge in [0.2, 0.25) is 5.91 Å². The highest BCUT2D eigenvalue weighted by Crippen LogP contribution is 2.22. The molecule has 0 atom stereocenters. The number of likely N-dealkylation sites (N-methyl/N-ethyl adjacent to an activating group) is 2. The Morgan fingerprint density at radius 1 is 1.38 bits per heavy atom. The summed E-state index contributed by atoms with van der Waals surface area (Å²) in [5.41, 5.74) is 1.82. The van der Waals surface area contributed by atoms with Crippen molar-refractivity contribution < 1.29 is 4.79 Å². The van der Waals surface area contributed by atoms with Crippen LogP contribution in [0.4, 0.5) is 5.82 Å². The van der Waals surface area contributed by atoms with Crippen molar-refractivity contribution in [1.82, 2.24) is 15.5 Å². The van der Waals surface area contributed by atoms with Gasteiger partial charge in [-0.3, -0.25) is 4.79 Å². The van der Waals surface area contributed by atoms with Crippen LogP contribution in [-0.2, 0) is 4.79 Å². The summed E-state index contributed by atoms with van der Waals surface area (Å²) >= 11 is 5.85. The molecular weight excluding hydrogens is 228 g/mol. The fourth-order valence-corrected chi connectivity index (χ4v) is 1.48. The highest BCUT2D eigenvalue weighted by Gasteiger charge is 2.13. The number of amides is 1. The third-order valence-corrected chi connectivity index (χ3v) is 2.82. The largest absolute Gasteiger partial charge is 0.358 e. The molecule has 1 amide bonds. The maximum atomic E-state index is 11.2. The van der Waals surface area contributed by atoms with Crippen LogP contribution in [0.5, 0.6) is 0 Å². The summed E-state index contributed by atoms with van der Waals surface area (Å²) in [6.07, 6.45) is 0. The Bertz CT molecular complexity index is 408. The maximum Gasteiger partial charge on any atom is 0.239 e. The average molecular weight is 243 g/mol. The molecule has 1 rings (SSSR count). The highest BCUT2D eigenvalue weighted by molar-refractivity contribution is 6.30. The van der Waals surface area contributed by atoms with Gasteiger partial charge in [-0.15, -0.1) is 10.2 Å². The molecule has 88 valence electrons. The first-order valence-electron chi connectivity index (χ1n) is 4.88. The van der Waals surface area contributed by atoms with Gasteiger partial charge >= 0.3 is 0 Å². The summed E-state index contributed by atoms with van der Waals surface area (Å²) in [5.74, 6) is 0.599. The van der Waals surface area contributed by atoms with E-state index < -0.39 is 0 Å². The summed E-state index contributed by atoms with van der Waals surface area (Å²) in [7, 11) is 3.39. The predicted molar refractivity (Wildman–Crippen MR) is 63.9 cm³/mol. The Labute approximate surface area is 99.8 Å². The third kappa shape index (κ3) is 2.61. The van der Waals surface area contributed by atoms with Gasteiger partial charge in [-0.25, -0.2) is 0 Å². The Morgan fingerprint density at radius 2 is 2.00 bits per heavy atom. The second-order valence-corrected chi connectivity index (χ2v) is 3.95. The molecule has 1 aromatic rings. The first kappa shape index (κ1) is 12.7. The molecule has 16 heavy (non-hydrogen) atoms. The molecule has 0 saturated carbocycles. The smallest absolute Gasteiger partial charge is 0.239 e. The van der Waals surface area contributed by atoms with Crippen LogP contribution < -0.4 is 10.2 Å². The van der Waals surface area contributed by atoms with Crippen molar-refractivity contribution in [2.24, 2.45) is 0 Å². The van der Waals surface area contributed by atoms with Gasteiger partial charge in [0.25, 0.3) is 0 Å². The number of rotatable bonds is 3. The van der Waals surface area contributed by atoms with Crippen LogP contribution in [-0.4, -0.2) is 36.7 Å². The maximum absolute atomic E-state index is 11.2. The van der Waals surface area contributed by atoms with Crippen LogP contribution in [0.15, 0.2) is 0 Å². The number of halogens is 1. The molecule has 0 fully saturated rings. The molecule has 6 heteroatoms. The van der Waals surface area contributed by atoms with Gasteiger partial charge in [0.15, 0.2) is 11.0 Å². The van der Waals surface area contributed by atoms with Crippen molar-refractivity contribution in [3.05, 3.63) is 16.3 Å². The molecule has 0 spiro atoms. The van der Waals surface area contributed by atoms with Crippen LogP contribution in [0, 0.1) is 13.8 Å². The summed E-state index contributed by atoms with van der Waals surface area (Å²) < 4.78 is 0. The lowest BCUT2D eigenvalue weighted by Crippen LogP contribution is -2.34. The Kier molecular flexibility index (Phi) is 4.06. The Morgan fingerprint density at radius 3 is 2.56 bits per heavy atom. The number of carbonyl (C=O) groups is 1. The number of anilines is 1. The van der Waals surface area contributed by atoms with Gasteiger partial charge in [0.1, 0.15) is 0 Å². The SMILES string of the molecule is CNC(=O)CN(C)c1nnc(Cl)c(C)c1C. The van der Waals surface area contributed by atoms with Gasteiger partial charge in [-0.2, -0.15) is 0 Å². The molecule has 1 N–H and O–H groups in total. The molecule has 0 saturated heterocycles. The predicted octanol–water partition coefficient (Wildman–Crippen LogP) is 0.929. The molecule has 0 unspecified atom stereocenters. The molecule has 1 aromatic heterocycles. The van der Waals surface area contributed by atoms with Crippen LogP contribution in [0.3, 0.4) is 0 Å². The quantitative estimate of drug-likeness (QED) is 0.857. The van der Waals surface area contributed by atoms with Crippen LogP contribution in [0.1, 0.15) is 11.1 Å². The highest BCUT2D eigenvalue weighted by atomic mass is 35.5. The average Bonchev–Trinajstić information content (AvgIpc) is 2.25. The molecule has 0 aromatic carbocycles. The summed E-state index contributed by atoms with van der Waals surface area (Å²) in [5, 5.41) is 10.8. The minimum Gasteiger partial charge on any atom is -0.358 e. The second kappa shape index (κ2) is 5.12. The van der Waals surface area contributed by atoms with Crippen LogP contribution in [0.25, 0.3) is 0 Å². The fraction of sp³-hybridized carbons (Fsp3) is 0.500. The zero-order chi connectivity index (χ0) is 12.3. The van der Waals surface area contributed by atoms with E-state index in [1.807, 2.05) is 13.8 Å². The number of nitrogens with zero attached hydrogens (tertiary/aromatic N) is 3. The van der Waals surface area contributed by atoms with Gasteiger partial charge in [0.05, 0.1) is 6.54 Å². The van der Waals surface area contributed by atoms with E-state index in [1.165, 1.54) is 0 Å². The number of nitrogens with one attached hydrogen (secondary N) is 1. The molecule has 0 aliphatic carbocycles. The van der Waals surface area contributed by atoms with E-state index in [2.05, 4.69) is 15.5 Å². The van der Waals surface area contributed by atoms with Crippen molar-refractivity contribution in [3.63, 3.8) is 0 Å². The Hall–Kier alpha value is -1.36. The summed E-state index contributed by atoms with van der Waals surface area (Å²) in [6, 6.07) is 0. The second-order valence-electron chi connectivity index (χ2n) is 3.59. The lowest BCUT2D eigenvalue weighted by molar-refractivity contribution is -0.119. The Balaban J connectivity index is 2.96. The van der Waals surface area contributed by atoms with Crippen molar-refractivity contribution in [2.75, 3.05) is 25.5 Å². The lowest BCUT2D eigenvalue weighted by atomic mass is 10.2. The molecule has 0 radical (unpaired) electrons. The molecule has 1 heterocycles. The molecular formula is C10H15ClN4O. The molecule has 0 aliphatic heterocycles. The number of hydrogen-bond acceptors (Lipinski definition) is 4. The normalized spacial score (nSPS) is 10.1. The van der Waals surface area contributed by atoms with Gasteiger partial charge in [-0.1, -0.05) is 11.6 Å². The molecule has 5 nitrogen and oxygen atoms in total. The third-order valence-electron chi connectivity index (χ3n) is 2.46. The van der Waals surface area contributed by atoms with E-state index in [0.29, 0.717) is 11.0 Å². The molecule has 0 bridgehead atoms. The van der Waals surface area contributed by atoms with E-state index in [0.717, 1.165) is 11.1 Å². The van der Waals surface area contributed by atoms with Crippen LogP contribution >= 0.6 is 11.6 Å². The lowest BCUT2D eigenvalue weighted by Gasteiger charge is -2.19. The minimum absolute atomic E-state index is 0.0729. The summed E-state index contributed by atoms with van der Waals surface area (Å²) in [4.78, 5) is 13.0. The van der Waals surface area contributed by atoms with Crippen LogP contribution in [0.2, 0.25) is 5.15 Å². The van der Waals surface area contributed by atoms with E-state index in [9.17, 15) is 4.79 Å². The van der Waals surface area contributed by atoms with Crippen molar-refractivity contribution in [1.29, 1.82) is 0 Å². The summed E-state index contributed by atoms with van der Waals surface area (Å²) in [6.45, 7) is 4.03. The van der Waals surface area contributed by atoms with Crippen molar-refractivity contribution >= 4 is 23.3 Å². The zero-order valence-corrected chi connectivity index (χ0v) is 10.6. The number of aromatic nitrogens is 2. The van der Waals surface area contributed by atoms with Gasteiger partial charge < -0.3 is 10.2 Å². The van der Waals surface area contributed by atoms with E-state index in [-0.39, 0.29) is 12.5 Å². The molecule has 0 aliphatic rings. The minimum atomic E-state index is -0.0729. The van der Waals surface area contributed by atoms with E-state index in [1.54, 1.807) is 19.0 Å². The van der Waals surface area contributed by atoms with Crippen molar-refractivity contribution in [3.8, 4) is 0 Å². The first-order valence-corrected chi connectivity index (χ1v) is 5.26. The number of hydrogen-bond donors (Lipinski definition) is 1. The van der Waals surface area contributed by atoms with Gasteiger partial charge in [-0.05, 0) is 25.0 Å². The fourth-order valence-electron chi connectivity index (χ4n) is 1.30. The standard InChI is InChI=1S/C10H15ClN4O/c1-6-7(2)10(14-13-9(6)11)15(4)5-8(16)12-3/h5H2,1-4H3,(H,12,16). The first-order chi connectivity index (χ1) is 7.47.